The van der Waals surface area contributed by atoms with Crippen LogP contribution in [0, 0.1) is 10.1 Å². The first-order valence-electron chi connectivity index (χ1n) is 4.94. The molecule has 0 unspecified atom stereocenters. The van der Waals surface area contributed by atoms with Crippen LogP contribution in [-0.2, 0) is 0 Å². The molecule has 2 rings (SSSR count). The lowest BCUT2D eigenvalue weighted by Crippen LogP contribution is -1.91. The molecule has 0 saturated carbocycles. The van der Waals surface area contributed by atoms with Crippen molar-refractivity contribution in [3.8, 4) is 0 Å². The Hall–Kier alpha value is -1.73. The number of rotatable bonds is 4. The molecule has 18 heavy (non-hydrogen) atoms. The molecule has 92 valence electrons. The van der Waals surface area contributed by atoms with Gasteiger partial charge in [0.15, 0.2) is 0 Å². The van der Waals surface area contributed by atoms with Gasteiger partial charge in [0.05, 0.1) is 20.6 Å². The zero-order chi connectivity index (χ0) is 13.0. The molecule has 0 atom stereocenters. The highest BCUT2D eigenvalue weighted by atomic mass is 79.9. The van der Waals surface area contributed by atoms with E-state index in [9.17, 15) is 10.1 Å². The van der Waals surface area contributed by atoms with E-state index < -0.39 is 4.92 Å². The molecule has 1 heterocycles. The summed E-state index contributed by atoms with van der Waals surface area (Å²) in [7, 11) is 0. The van der Waals surface area contributed by atoms with Crippen molar-refractivity contribution in [2.75, 3.05) is 5.43 Å². The summed E-state index contributed by atoms with van der Waals surface area (Å²) in [5.74, 6) is 0. The number of thiophene rings is 1. The topological polar surface area (TPSA) is 67.5 Å². The molecular formula is C11H8BrN3O2S. The predicted molar refractivity (Wildman–Crippen MR) is 76.3 cm³/mol. The molecule has 0 bridgehead atoms. The molecule has 5 nitrogen and oxygen atoms in total. The Balaban J connectivity index is 1.98. The van der Waals surface area contributed by atoms with Gasteiger partial charge in [0.1, 0.15) is 0 Å². The number of hydrogen-bond donors (Lipinski definition) is 1. The van der Waals surface area contributed by atoms with Gasteiger partial charge in [0, 0.05) is 17.0 Å². The Kier molecular flexibility index (Phi) is 4.06. The van der Waals surface area contributed by atoms with E-state index in [1.165, 1.54) is 12.1 Å². The standard InChI is InChI=1S/C11H8BrN3O2S/c12-11-6-5-10(18-11)7-13-14-8-1-3-9(4-2-8)15(16)17/h1-7,14H/b13-7+. The summed E-state index contributed by atoms with van der Waals surface area (Å²) in [6.45, 7) is 0. The zero-order valence-corrected chi connectivity index (χ0v) is 11.4. The molecule has 0 spiro atoms. The minimum absolute atomic E-state index is 0.0618. The molecule has 0 aliphatic heterocycles. The number of benzene rings is 1. The molecule has 1 aromatic carbocycles. The Morgan fingerprint density at radius 3 is 2.56 bits per heavy atom. The average molecular weight is 326 g/mol. The molecular weight excluding hydrogens is 318 g/mol. The molecule has 2 aromatic rings. The second-order valence-electron chi connectivity index (χ2n) is 3.32. The Morgan fingerprint density at radius 1 is 1.28 bits per heavy atom. The summed E-state index contributed by atoms with van der Waals surface area (Å²) < 4.78 is 1.04. The first-order valence-corrected chi connectivity index (χ1v) is 6.55. The van der Waals surface area contributed by atoms with Gasteiger partial charge in [-0.15, -0.1) is 11.3 Å². The third kappa shape index (κ3) is 3.38. The summed E-state index contributed by atoms with van der Waals surface area (Å²) in [4.78, 5) is 11.0. The number of non-ortho nitro benzene ring substituents is 1. The van der Waals surface area contributed by atoms with Crippen LogP contribution in [0.3, 0.4) is 0 Å². The Morgan fingerprint density at radius 2 is 2.00 bits per heavy atom. The number of halogens is 1. The van der Waals surface area contributed by atoms with Crippen molar-refractivity contribution in [3.63, 3.8) is 0 Å². The number of nitrogens with zero attached hydrogens (tertiary/aromatic N) is 2. The van der Waals surface area contributed by atoms with Crippen molar-refractivity contribution in [1.29, 1.82) is 0 Å². The molecule has 0 aliphatic rings. The molecule has 1 N–H and O–H groups in total. The monoisotopic (exact) mass is 325 g/mol. The average Bonchev–Trinajstić information content (AvgIpc) is 2.76. The van der Waals surface area contributed by atoms with Gasteiger partial charge in [0.2, 0.25) is 0 Å². The molecule has 7 heteroatoms. The fourth-order valence-corrected chi connectivity index (χ4v) is 2.52. The number of nitrogens with one attached hydrogen (secondary N) is 1. The maximum absolute atomic E-state index is 10.5. The second kappa shape index (κ2) is 5.74. The van der Waals surface area contributed by atoms with E-state index in [1.54, 1.807) is 29.7 Å². The smallest absolute Gasteiger partial charge is 0.269 e. The van der Waals surface area contributed by atoms with E-state index in [-0.39, 0.29) is 5.69 Å². The highest BCUT2D eigenvalue weighted by Crippen LogP contribution is 2.20. The summed E-state index contributed by atoms with van der Waals surface area (Å²) in [5, 5.41) is 14.5. The summed E-state index contributed by atoms with van der Waals surface area (Å²) in [6, 6.07) is 9.96. The zero-order valence-electron chi connectivity index (χ0n) is 9.04. The third-order valence-corrected chi connectivity index (χ3v) is 3.62. The van der Waals surface area contributed by atoms with E-state index in [0.717, 1.165) is 8.66 Å². The van der Waals surface area contributed by atoms with Crippen LogP contribution in [0.15, 0.2) is 45.3 Å². The number of hydrogen-bond acceptors (Lipinski definition) is 5. The van der Waals surface area contributed by atoms with Crippen LogP contribution >= 0.6 is 27.3 Å². The van der Waals surface area contributed by atoms with E-state index >= 15 is 0 Å². The van der Waals surface area contributed by atoms with Crippen molar-refractivity contribution in [2.45, 2.75) is 0 Å². The van der Waals surface area contributed by atoms with Gasteiger partial charge in [-0.3, -0.25) is 15.5 Å². The van der Waals surface area contributed by atoms with Crippen molar-refractivity contribution >= 4 is 44.9 Å². The predicted octanol–water partition coefficient (Wildman–Crippen LogP) is 3.86. The second-order valence-corrected chi connectivity index (χ2v) is 5.81. The van der Waals surface area contributed by atoms with E-state index in [1.807, 2.05) is 12.1 Å². The lowest BCUT2D eigenvalue weighted by Gasteiger charge is -1.98. The van der Waals surface area contributed by atoms with E-state index in [2.05, 4.69) is 26.5 Å². The summed E-state index contributed by atoms with van der Waals surface area (Å²) >= 11 is 4.93. The van der Waals surface area contributed by atoms with Crippen molar-refractivity contribution in [3.05, 3.63) is 55.2 Å². The molecule has 0 fully saturated rings. The maximum Gasteiger partial charge on any atom is 0.269 e. The Labute approximate surface area is 115 Å². The van der Waals surface area contributed by atoms with Crippen molar-refractivity contribution in [2.24, 2.45) is 5.10 Å². The Bertz CT molecular complexity index is 580. The summed E-state index contributed by atoms with van der Waals surface area (Å²) in [5.41, 5.74) is 3.57. The molecule has 0 amide bonds. The molecule has 1 aromatic heterocycles. The number of nitro groups is 1. The van der Waals surface area contributed by atoms with Crippen LogP contribution in [0.1, 0.15) is 4.88 Å². The largest absolute Gasteiger partial charge is 0.278 e. The maximum atomic E-state index is 10.5. The normalized spacial score (nSPS) is 10.7. The van der Waals surface area contributed by atoms with Gasteiger partial charge >= 0.3 is 0 Å². The van der Waals surface area contributed by atoms with Crippen molar-refractivity contribution in [1.82, 2.24) is 0 Å². The molecule has 0 saturated heterocycles. The minimum Gasteiger partial charge on any atom is -0.278 e. The fraction of sp³-hybridized carbons (Fsp3) is 0. The SMILES string of the molecule is O=[N+]([O-])c1ccc(N/N=C/c2ccc(Br)s2)cc1. The van der Waals surface area contributed by atoms with Crippen LogP contribution in [-0.4, -0.2) is 11.1 Å². The van der Waals surface area contributed by atoms with Gasteiger partial charge in [-0.1, -0.05) is 0 Å². The van der Waals surface area contributed by atoms with Gasteiger partial charge in [-0.2, -0.15) is 5.10 Å². The van der Waals surface area contributed by atoms with Crippen LogP contribution in [0.25, 0.3) is 0 Å². The van der Waals surface area contributed by atoms with Gasteiger partial charge < -0.3 is 0 Å². The first-order chi connectivity index (χ1) is 8.65. The van der Waals surface area contributed by atoms with Gasteiger partial charge in [-0.05, 0) is 40.2 Å². The van der Waals surface area contributed by atoms with E-state index in [4.69, 9.17) is 0 Å². The molecule has 0 radical (unpaired) electrons. The summed E-state index contributed by atoms with van der Waals surface area (Å²) in [6.07, 6.45) is 1.69. The first kappa shape index (κ1) is 12.7. The van der Waals surface area contributed by atoms with Crippen LogP contribution < -0.4 is 5.43 Å². The molecule has 0 aliphatic carbocycles. The minimum atomic E-state index is -0.434. The number of anilines is 1. The van der Waals surface area contributed by atoms with E-state index in [0.29, 0.717) is 5.69 Å². The van der Waals surface area contributed by atoms with Crippen molar-refractivity contribution < 1.29 is 4.92 Å². The van der Waals surface area contributed by atoms with Gasteiger partial charge in [-0.25, -0.2) is 0 Å². The lowest BCUT2D eigenvalue weighted by molar-refractivity contribution is -0.384. The lowest BCUT2D eigenvalue weighted by atomic mass is 10.3. The highest BCUT2D eigenvalue weighted by Gasteiger charge is 2.02. The third-order valence-electron chi connectivity index (χ3n) is 2.06. The highest BCUT2D eigenvalue weighted by molar-refractivity contribution is 9.11. The van der Waals surface area contributed by atoms with Gasteiger partial charge in [0.25, 0.3) is 5.69 Å². The quantitative estimate of drug-likeness (QED) is 0.527. The van der Waals surface area contributed by atoms with Crippen LogP contribution in [0.2, 0.25) is 0 Å². The number of nitro benzene ring substituents is 1. The van der Waals surface area contributed by atoms with Crippen LogP contribution in [0.5, 0.6) is 0 Å². The number of hydrazone groups is 1. The fourth-order valence-electron chi connectivity index (χ4n) is 1.23. The van der Waals surface area contributed by atoms with Crippen LogP contribution in [0.4, 0.5) is 11.4 Å².